The van der Waals surface area contributed by atoms with Gasteiger partial charge < -0.3 is 15.8 Å². The largest absolute Gasteiger partial charge is 0.494 e. The Labute approximate surface area is 104 Å². The van der Waals surface area contributed by atoms with Crippen molar-refractivity contribution >= 4 is 17.3 Å². The van der Waals surface area contributed by atoms with E-state index in [1.165, 1.54) is 7.11 Å². The predicted molar refractivity (Wildman–Crippen MR) is 68.6 cm³/mol. The molecule has 0 unspecified atom stereocenters. The summed E-state index contributed by atoms with van der Waals surface area (Å²) in [5.41, 5.74) is 7.18. The van der Waals surface area contributed by atoms with Gasteiger partial charge in [-0.2, -0.15) is 5.10 Å². The topological polar surface area (TPSA) is 82.2 Å². The van der Waals surface area contributed by atoms with Gasteiger partial charge >= 0.3 is 0 Å². The molecule has 1 amide bonds. The Bertz CT molecular complexity index is 577. The van der Waals surface area contributed by atoms with Crippen LogP contribution in [0.15, 0.2) is 30.6 Å². The van der Waals surface area contributed by atoms with Crippen LogP contribution >= 0.6 is 0 Å². The fraction of sp³-hybridized carbons (Fsp3) is 0.167. The van der Waals surface area contributed by atoms with Gasteiger partial charge in [-0.3, -0.25) is 9.48 Å². The van der Waals surface area contributed by atoms with Crippen LogP contribution in [0.3, 0.4) is 0 Å². The first-order chi connectivity index (χ1) is 8.61. The van der Waals surface area contributed by atoms with E-state index < -0.39 is 0 Å². The summed E-state index contributed by atoms with van der Waals surface area (Å²) in [5.74, 6) is 0.0889. The van der Waals surface area contributed by atoms with E-state index in [9.17, 15) is 4.79 Å². The second-order valence-electron chi connectivity index (χ2n) is 3.78. The molecular weight excluding hydrogens is 232 g/mol. The molecule has 0 radical (unpaired) electrons. The van der Waals surface area contributed by atoms with Gasteiger partial charge in [-0.15, -0.1) is 0 Å². The zero-order valence-corrected chi connectivity index (χ0v) is 10.2. The first-order valence-corrected chi connectivity index (χ1v) is 5.34. The molecule has 0 aliphatic rings. The molecule has 0 fully saturated rings. The van der Waals surface area contributed by atoms with Gasteiger partial charge in [0, 0.05) is 13.2 Å². The van der Waals surface area contributed by atoms with Crippen LogP contribution in [0.5, 0.6) is 5.75 Å². The monoisotopic (exact) mass is 246 g/mol. The third-order valence-electron chi connectivity index (χ3n) is 2.46. The number of nitrogen functional groups attached to an aromatic ring is 1. The number of rotatable bonds is 3. The van der Waals surface area contributed by atoms with E-state index in [0.29, 0.717) is 22.7 Å². The standard InChI is InChI=1S/C12H14N4O2/c1-16-7-8(6-14-16)15-12(17)9-4-3-5-10(13)11(9)18-2/h3-7H,13H2,1-2H3,(H,15,17). The van der Waals surface area contributed by atoms with Crippen molar-refractivity contribution in [3.05, 3.63) is 36.2 Å². The number of methoxy groups -OCH3 is 1. The van der Waals surface area contributed by atoms with Gasteiger partial charge in [0.05, 0.1) is 30.2 Å². The fourth-order valence-corrected chi connectivity index (χ4v) is 1.65. The average molecular weight is 246 g/mol. The van der Waals surface area contributed by atoms with Crippen LogP contribution in [0.2, 0.25) is 0 Å². The number of benzene rings is 1. The van der Waals surface area contributed by atoms with Crippen LogP contribution in [0.1, 0.15) is 10.4 Å². The maximum Gasteiger partial charge on any atom is 0.259 e. The van der Waals surface area contributed by atoms with Crippen LogP contribution < -0.4 is 15.8 Å². The van der Waals surface area contributed by atoms with E-state index in [1.54, 1.807) is 42.3 Å². The Hall–Kier alpha value is -2.50. The molecule has 0 atom stereocenters. The summed E-state index contributed by atoms with van der Waals surface area (Å²) >= 11 is 0. The molecule has 6 heteroatoms. The minimum absolute atomic E-state index is 0.285. The zero-order valence-electron chi connectivity index (χ0n) is 10.2. The molecule has 0 saturated heterocycles. The van der Waals surface area contributed by atoms with Crippen molar-refractivity contribution in [2.45, 2.75) is 0 Å². The number of para-hydroxylation sites is 1. The zero-order chi connectivity index (χ0) is 13.1. The molecule has 3 N–H and O–H groups in total. The van der Waals surface area contributed by atoms with Crippen molar-refractivity contribution in [1.82, 2.24) is 9.78 Å². The number of carbonyl (C=O) groups is 1. The van der Waals surface area contributed by atoms with E-state index in [1.807, 2.05) is 0 Å². The van der Waals surface area contributed by atoms with Crippen molar-refractivity contribution in [2.75, 3.05) is 18.2 Å². The fourth-order valence-electron chi connectivity index (χ4n) is 1.65. The van der Waals surface area contributed by atoms with Crippen molar-refractivity contribution in [3.63, 3.8) is 0 Å². The van der Waals surface area contributed by atoms with Gasteiger partial charge in [-0.1, -0.05) is 6.07 Å². The smallest absolute Gasteiger partial charge is 0.259 e. The van der Waals surface area contributed by atoms with Crippen molar-refractivity contribution < 1.29 is 9.53 Å². The second-order valence-corrected chi connectivity index (χ2v) is 3.78. The highest BCUT2D eigenvalue weighted by atomic mass is 16.5. The summed E-state index contributed by atoms with van der Waals surface area (Å²) in [7, 11) is 3.25. The highest BCUT2D eigenvalue weighted by Gasteiger charge is 2.14. The van der Waals surface area contributed by atoms with Gasteiger partial charge in [0.25, 0.3) is 5.91 Å². The highest BCUT2D eigenvalue weighted by molar-refractivity contribution is 6.07. The lowest BCUT2D eigenvalue weighted by molar-refractivity contribution is 0.102. The number of aromatic nitrogens is 2. The molecule has 0 bridgehead atoms. The SMILES string of the molecule is COc1c(N)cccc1C(=O)Nc1cnn(C)c1. The molecule has 2 aromatic rings. The minimum atomic E-state index is -0.285. The molecular formula is C12H14N4O2. The van der Waals surface area contributed by atoms with Gasteiger partial charge in [0.15, 0.2) is 5.75 Å². The lowest BCUT2D eigenvalue weighted by Crippen LogP contribution is -2.13. The number of nitrogens with zero attached hydrogens (tertiary/aromatic N) is 2. The second kappa shape index (κ2) is 4.79. The maximum atomic E-state index is 12.1. The summed E-state index contributed by atoms with van der Waals surface area (Å²) in [6.07, 6.45) is 3.27. The van der Waals surface area contributed by atoms with Gasteiger partial charge in [-0.25, -0.2) is 0 Å². The van der Waals surface area contributed by atoms with E-state index in [-0.39, 0.29) is 5.91 Å². The summed E-state index contributed by atoms with van der Waals surface area (Å²) in [4.78, 5) is 12.1. The summed E-state index contributed by atoms with van der Waals surface area (Å²) in [6.45, 7) is 0. The Kier molecular flexibility index (Phi) is 3.18. The van der Waals surface area contributed by atoms with Crippen molar-refractivity contribution in [2.24, 2.45) is 7.05 Å². The Morgan fingerprint density at radius 2 is 2.28 bits per heavy atom. The number of hydrogen-bond acceptors (Lipinski definition) is 4. The van der Waals surface area contributed by atoms with E-state index in [0.717, 1.165) is 0 Å². The molecule has 94 valence electrons. The number of nitrogens with one attached hydrogen (secondary N) is 1. The Morgan fingerprint density at radius 3 is 2.89 bits per heavy atom. The number of hydrogen-bond donors (Lipinski definition) is 2. The lowest BCUT2D eigenvalue weighted by Gasteiger charge is -2.10. The summed E-state index contributed by atoms with van der Waals surface area (Å²) in [5, 5.41) is 6.69. The first-order valence-electron chi connectivity index (χ1n) is 5.34. The maximum absolute atomic E-state index is 12.1. The van der Waals surface area contributed by atoms with Crippen LogP contribution in [0.25, 0.3) is 0 Å². The van der Waals surface area contributed by atoms with E-state index in [4.69, 9.17) is 10.5 Å². The van der Waals surface area contributed by atoms with Crippen molar-refractivity contribution in [3.8, 4) is 5.75 Å². The van der Waals surface area contributed by atoms with Gasteiger partial charge in [0.2, 0.25) is 0 Å². The lowest BCUT2D eigenvalue weighted by atomic mass is 10.1. The highest BCUT2D eigenvalue weighted by Crippen LogP contribution is 2.26. The molecule has 0 saturated carbocycles. The van der Waals surface area contributed by atoms with E-state index >= 15 is 0 Å². The molecule has 1 aromatic carbocycles. The molecule has 0 aliphatic heterocycles. The van der Waals surface area contributed by atoms with Crippen LogP contribution in [0, 0.1) is 0 Å². The molecule has 6 nitrogen and oxygen atoms in total. The van der Waals surface area contributed by atoms with Gasteiger partial charge in [0.1, 0.15) is 0 Å². The summed E-state index contributed by atoms with van der Waals surface area (Å²) < 4.78 is 6.74. The van der Waals surface area contributed by atoms with Crippen LogP contribution in [-0.2, 0) is 7.05 Å². The third-order valence-corrected chi connectivity index (χ3v) is 2.46. The van der Waals surface area contributed by atoms with Crippen LogP contribution in [-0.4, -0.2) is 22.8 Å². The Morgan fingerprint density at radius 1 is 1.50 bits per heavy atom. The number of nitrogens with two attached hydrogens (primary N) is 1. The molecule has 0 spiro atoms. The third kappa shape index (κ3) is 2.27. The number of ether oxygens (including phenoxy) is 1. The van der Waals surface area contributed by atoms with Crippen LogP contribution in [0.4, 0.5) is 11.4 Å². The number of carbonyl (C=O) groups excluding carboxylic acids is 1. The van der Waals surface area contributed by atoms with E-state index in [2.05, 4.69) is 10.4 Å². The molecule has 2 rings (SSSR count). The average Bonchev–Trinajstić information content (AvgIpc) is 2.74. The minimum Gasteiger partial charge on any atom is -0.494 e. The van der Waals surface area contributed by atoms with Crippen molar-refractivity contribution in [1.29, 1.82) is 0 Å². The quantitative estimate of drug-likeness (QED) is 0.799. The first kappa shape index (κ1) is 12.0. The number of aryl methyl sites for hydroxylation is 1. The molecule has 1 heterocycles. The van der Waals surface area contributed by atoms with Gasteiger partial charge in [-0.05, 0) is 12.1 Å². The summed E-state index contributed by atoms with van der Waals surface area (Å²) in [6, 6.07) is 5.04. The number of anilines is 2. The molecule has 18 heavy (non-hydrogen) atoms. The normalized spacial score (nSPS) is 10.1. The molecule has 1 aromatic heterocycles. The predicted octanol–water partition coefficient (Wildman–Crippen LogP) is 1.26. The Balaban J connectivity index is 2.26. The number of amides is 1. The molecule has 0 aliphatic carbocycles.